The van der Waals surface area contributed by atoms with Crippen LogP contribution in [0.5, 0.6) is 0 Å². The third-order valence-corrected chi connectivity index (χ3v) is 3.90. The predicted molar refractivity (Wildman–Crippen MR) is 90.4 cm³/mol. The van der Waals surface area contributed by atoms with E-state index in [2.05, 4.69) is 30.9 Å². The van der Waals surface area contributed by atoms with Crippen molar-refractivity contribution in [1.29, 1.82) is 0 Å². The Kier molecular flexibility index (Phi) is 4.02. The first-order valence-electron chi connectivity index (χ1n) is 7.65. The molecule has 1 aromatic heterocycles. The molecule has 0 unspecified atom stereocenters. The van der Waals surface area contributed by atoms with Gasteiger partial charge in [0.25, 0.3) is 5.70 Å². The Labute approximate surface area is 134 Å². The van der Waals surface area contributed by atoms with E-state index in [0.717, 1.165) is 30.6 Å². The number of carbonyl (C=O) groups is 1. The van der Waals surface area contributed by atoms with Gasteiger partial charge in [-0.25, -0.2) is 0 Å². The van der Waals surface area contributed by atoms with Crippen LogP contribution in [0.4, 0.5) is 5.69 Å². The van der Waals surface area contributed by atoms with Gasteiger partial charge in [0.05, 0.1) is 6.08 Å². The van der Waals surface area contributed by atoms with Crippen molar-refractivity contribution in [2.24, 2.45) is 0 Å². The standard InChI is InChI=1S/C18H18N2O3/c1-3-19(4-2)14-7-5-13(6-8-14)17-9-10-18(23-17)16-11-15(21)12-20(16)22/h5-12H,3-4H2,1-2H3. The number of hydrogen-bond donors (Lipinski definition) is 0. The SMILES string of the molecule is CCN(CC)c1ccc(-c2ccc(C3=CC(=O)C=[N+]3[O-])o2)cc1. The van der Waals surface area contributed by atoms with Crippen molar-refractivity contribution in [2.45, 2.75) is 13.8 Å². The normalized spacial score (nSPS) is 13.9. The third-order valence-electron chi connectivity index (χ3n) is 3.90. The van der Waals surface area contributed by atoms with Crippen LogP contribution >= 0.6 is 0 Å². The minimum absolute atomic E-state index is 0.237. The second kappa shape index (κ2) is 6.12. The lowest BCUT2D eigenvalue weighted by molar-refractivity contribution is -0.343. The van der Waals surface area contributed by atoms with Gasteiger partial charge >= 0.3 is 0 Å². The zero-order valence-corrected chi connectivity index (χ0v) is 13.2. The van der Waals surface area contributed by atoms with Crippen LogP contribution in [-0.4, -0.2) is 29.8 Å². The molecular formula is C18H18N2O3. The number of benzene rings is 1. The molecule has 1 aromatic carbocycles. The molecule has 0 aliphatic carbocycles. The number of ketones is 1. The Morgan fingerprint density at radius 2 is 1.70 bits per heavy atom. The van der Waals surface area contributed by atoms with Crippen molar-refractivity contribution in [3.63, 3.8) is 0 Å². The molecule has 5 nitrogen and oxygen atoms in total. The summed E-state index contributed by atoms with van der Waals surface area (Å²) in [5.74, 6) is 0.737. The van der Waals surface area contributed by atoms with Crippen molar-refractivity contribution in [2.75, 3.05) is 18.0 Å². The molecule has 0 radical (unpaired) electrons. The lowest BCUT2D eigenvalue weighted by Gasteiger charge is -2.20. The molecule has 0 atom stereocenters. The Morgan fingerprint density at radius 1 is 1.04 bits per heavy atom. The first-order valence-corrected chi connectivity index (χ1v) is 7.65. The molecule has 0 amide bonds. The molecule has 1 aliphatic heterocycles. The van der Waals surface area contributed by atoms with E-state index in [1.165, 1.54) is 6.08 Å². The molecule has 118 valence electrons. The van der Waals surface area contributed by atoms with E-state index in [9.17, 15) is 10.0 Å². The largest absolute Gasteiger partial charge is 0.618 e. The van der Waals surface area contributed by atoms with E-state index in [1.807, 2.05) is 12.1 Å². The predicted octanol–water partition coefficient (Wildman–Crippen LogP) is 3.30. The van der Waals surface area contributed by atoms with Gasteiger partial charge in [0, 0.05) is 24.3 Å². The number of allylic oxidation sites excluding steroid dienone is 1. The van der Waals surface area contributed by atoms with E-state index in [1.54, 1.807) is 12.1 Å². The average molecular weight is 310 g/mol. The maximum Gasteiger partial charge on any atom is 0.263 e. The lowest BCUT2D eigenvalue weighted by atomic mass is 10.1. The molecule has 0 saturated heterocycles. The minimum Gasteiger partial charge on any atom is -0.618 e. The molecule has 23 heavy (non-hydrogen) atoms. The van der Waals surface area contributed by atoms with Gasteiger partial charge in [-0.15, -0.1) is 0 Å². The summed E-state index contributed by atoms with van der Waals surface area (Å²) in [6.45, 7) is 6.16. The van der Waals surface area contributed by atoms with Crippen molar-refractivity contribution in [1.82, 2.24) is 0 Å². The quantitative estimate of drug-likeness (QED) is 0.628. The summed E-state index contributed by atoms with van der Waals surface area (Å²) in [6.07, 6.45) is 2.27. The van der Waals surface area contributed by atoms with E-state index in [0.29, 0.717) is 16.3 Å². The highest BCUT2D eigenvalue weighted by molar-refractivity contribution is 6.34. The van der Waals surface area contributed by atoms with Gasteiger partial charge < -0.3 is 14.5 Å². The molecular weight excluding hydrogens is 292 g/mol. The fraction of sp³-hybridized carbons (Fsp3) is 0.222. The van der Waals surface area contributed by atoms with Gasteiger partial charge in [-0.3, -0.25) is 4.79 Å². The second-order valence-corrected chi connectivity index (χ2v) is 5.27. The van der Waals surface area contributed by atoms with Crippen molar-refractivity contribution >= 4 is 23.4 Å². The van der Waals surface area contributed by atoms with Crippen LogP contribution < -0.4 is 4.90 Å². The molecule has 2 aromatic rings. The molecule has 0 bridgehead atoms. The minimum atomic E-state index is -0.323. The van der Waals surface area contributed by atoms with Crippen LogP contribution in [0.3, 0.4) is 0 Å². The summed E-state index contributed by atoms with van der Waals surface area (Å²) >= 11 is 0. The van der Waals surface area contributed by atoms with Crippen LogP contribution in [0.25, 0.3) is 17.0 Å². The molecule has 5 heteroatoms. The van der Waals surface area contributed by atoms with Gasteiger partial charge in [-0.1, -0.05) is 0 Å². The highest BCUT2D eigenvalue weighted by Gasteiger charge is 2.23. The van der Waals surface area contributed by atoms with Crippen LogP contribution in [-0.2, 0) is 4.79 Å². The van der Waals surface area contributed by atoms with Gasteiger partial charge in [-0.05, 0) is 50.2 Å². The number of rotatable bonds is 5. The number of hydroxylamine groups is 1. The van der Waals surface area contributed by atoms with E-state index in [-0.39, 0.29) is 11.5 Å². The Bertz CT molecular complexity index is 781. The number of carbonyl (C=O) groups excluding carboxylic acids is 1. The molecule has 0 fully saturated rings. The Morgan fingerprint density at radius 3 is 2.26 bits per heavy atom. The monoisotopic (exact) mass is 310 g/mol. The summed E-state index contributed by atoms with van der Waals surface area (Å²) < 4.78 is 6.27. The van der Waals surface area contributed by atoms with Crippen LogP contribution in [0.15, 0.2) is 46.9 Å². The molecule has 0 spiro atoms. The van der Waals surface area contributed by atoms with Crippen molar-refractivity contribution in [3.05, 3.63) is 53.4 Å². The fourth-order valence-electron chi connectivity index (χ4n) is 2.66. The van der Waals surface area contributed by atoms with Crippen molar-refractivity contribution < 1.29 is 14.0 Å². The average Bonchev–Trinajstić information content (AvgIpc) is 3.15. The fourth-order valence-corrected chi connectivity index (χ4v) is 2.66. The molecule has 1 aliphatic rings. The van der Waals surface area contributed by atoms with Crippen LogP contribution in [0.2, 0.25) is 0 Å². The maximum absolute atomic E-state index is 11.6. The second-order valence-electron chi connectivity index (χ2n) is 5.27. The van der Waals surface area contributed by atoms with E-state index < -0.39 is 0 Å². The van der Waals surface area contributed by atoms with Crippen LogP contribution in [0, 0.1) is 5.21 Å². The highest BCUT2D eigenvalue weighted by Crippen LogP contribution is 2.28. The van der Waals surface area contributed by atoms with Crippen LogP contribution in [0.1, 0.15) is 19.6 Å². The smallest absolute Gasteiger partial charge is 0.263 e. The molecule has 3 rings (SSSR count). The van der Waals surface area contributed by atoms with Crippen molar-refractivity contribution in [3.8, 4) is 11.3 Å². The first-order chi connectivity index (χ1) is 11.1. The zero-order chi connectivity index (χ0) is 16.4. The van der Waals surface area contributed by atoms with E-state index >= 15 is 0 Å². The Hall–Kier alpha value is -2.82. The molecule has 0 N–H and O–H groups in total. The lowest BCUT2D eigenvalue weighted by Crippen LogP contribution is -2.21. The summed E-state index contributed by atoms with van der Waals surface area (Å²) in [4.78, 5) is 13.5. The summed E-state index contributed by atoms with van der Waals surface area (Å²) in [5, 5.41) is 11.6. The first kappa shape index (κ1) is 15.1. The summed E-state index contributed by atoms with van der Waals surface area (Å²) in [7, 11) is 0. The van der Waals surface area contributed by atoms with Gasteiger partial charge in [-0.2, -0.15) is 4.74 Å². The highest BCUT2D eigenvalue weighted by atomic mass is 16.5. The number of hydrogen-bond acceptors (Lipinski definition) is 4. The van der Waals surface area contributed by atoms with Gasteiger partial charge in [0.2, 0.25) is 12.0 Å². The topological polar surface area (TPSA) is 59.5 Å². The maximum atomic E-state index is 11.6. The third kappa shape index (κ3) is 2.90. The summed E-state index contributed by atoms with van der Waals surface area (Å²) in [6, 6.07) is 11.6. The van der Waals surface area contributed by atoms with E-state index in [4.69, 9.17) is 4.42 Å². The van der Waals surface area contributed by atoms with Gasteiger partial charge in [0.1, 0.15) is 5.76 Å². The molecule has 2 heterocycles. The number of furan rings is 1. The zero-order valence-electron chi connectivity index (χ0n) is 13.2. The summed E-state index contributed by atoms with van der Waals surface area (Å²) in [5.41, 5.74) is 2.33. The molecule has 0 saturated carbocycles. The number of nitrogens with zero attached hydrogens (tertiary/aromatic N) is 2. The van der Waals surface area contributed by atoms with Gasteiger partial charge in [0.15, 0.2) is 5.76 Å². The Balaban J connectivity index is 1.85. The number of anilines is 1.